The van der Waals surface area contributed by atoms with Gasteiger partial charge < -0.3 is 10.1 Å². The number of hydrogen-bond donors (Lipinski definition) is 1. The second kappa shape index (κ2) is 4.83. The van der Waals surface area contributed by atoms with Crippen molar-refractivity contribution in [1.82, 2.24) is 5.32 Å². The van der Waals surface area contributed by atoms with Crippen molar-refractivity contribution in [2.45, 2.75) is 25.1 Å². The van der Waals surface area contributed by atoms with Crippen LogP contribution in [-0.4, -0.2) is 35.5 Å². The van der Waals surface area contributed by atoms with E-state index in [0.717, 1.165) is 0 Å². The molecule has 1 aliphatic carbocycles. The molecule has 0 saturated heterocycles. The zero-order chi connectivity index (χ0) is 13.3. The van der Waals surface area contributed by atoms with Crippen molar-refractivity contribution in [2.24, 2.45) is 5.92 Å². The Kier molecular flexibility index (Phi) is 4.06. The molecular weight excluding hydrogens is 307 g/mol. The first-order valence-electron chi connectivity index (χ1n) is 4.90. The van der Waals surface area contributed by atoms with Crippen LogP contribution in [0.15, 0.2) is 0 Å². The van der Waals surface area contributed by atoms with Gasteiger partial charge in [-0.05, 0) is 13.3 Å². The summed E-state index contributed by atoms with van der Waals surface area (Å²) in [6.07, 6.45) is -4.85. The second-order valence-electron chi connectivity index (χ2n) is 3.70. The molecule has 98 valence electrons. The number of rotatable bonds is 4. The highest BCUT2D eigenvalue weighted by atomic mass is 79.9. The molecule has 0 radical (unpaired) electrons. The Hall–Kier alpha value is -0.790. The fraction of sp³-hybridized carbons (Fsp3) is 0.778. The van der Waals surface area contributed by atoms with Crippen molar-refractivity contribution in [1.29, 1.82) is 0 Å². The predicted octanol–water partition coefficient (Wildman–Crippen LogP) is 1.38. The largest absolute Gasteiger partial charge is 0.471 e. The van der Waals surface area contributed by atoms with E-state index in [-0.39, 0.29) is 18.9 Å². The first-order chi connectivity index (χ1) is 7.78. The monoisotopic (exact) mass is 317 g/mol. The number of halogens is 4. The van der Waals surface area contributed by atoms with Gasteiger partial charge in [0.1, 0.15) is 5.54 Å². The standard InChI is InChI=1S/C9H11BrF3NO3/c1-2-17-7(16)8(3-5(8)4-10)14-6(15)9(11,12)13/h5H,2-4H2,1H3,(H,14,15)/t5-,8+/m1/s1. The molecule has 0 aromatic rings. The van der Waals surface area contributed by atoms with E-state index in [1.807, 2.05) is 0 Å². The lowest BCUT2D eigenvalue weighted by atomic mass is 10.2. The number of nitrogens with one attached hydrogen (secondary N) is 1. The number of alkyl halides is 4. The van der Waals surface area contributed by atoms with E-state index in [1.165, 1.54) is 0 Å². The average molecular weight is 318 g/mol. The zero-order valence-corrected chi connectivity index (χ0v) is 10.5. The summed E-state index contributed by atoms with van der Waals surface area (Å²) >= 11 is 3.07. The third kappa shape index (κ3) is 2.91. The molecule has 0 unspecified atom stereocenters. The van der Waals surface area contributed by atoms with Gasteiger partial charge in [-0.3, -0.25) is 4.79 Å². The molecule has 1 amide bonds. The average Bonchev–Trinajstić information content (AvgIpc) is 2.92. The Morgan fingerprint density at radius 1 is 1.53 bits per heavy atom. The van der Waals surface area contributed by atoms with Crippen LogP contribution >= 0.6 is 15.9 Å². The van der Waals surface area contributed by atoms with Crippen LogP contribution < -0.4 is 5.32 Å². The van der Waals surface area contributed by atoms with Crippen LogP contribution in [0, 0.1) is 5.92 Å². The number of esters is 1. The summed E-state index contributed by atoms with van der Waals surface area (Å²) in [7, 11) is 0. The highest BCUT2D eigenvalue weighted by molar-refractivity contribution is 9.09. The van der Waals surface area contributed by atoms with E-state index in [1.54, 1.807) is 12.2 Å². The smallest absolute Gasteiger partial charge is 0.464 e. The lowest BCUT2D eigenvalue weighted by molar-refractivity contribution is -0.176. The molecule has 1 saturated carbocycles. The van der Waals surface area contributed by atoms with Gasteiger partial charge in [0.05, 0.1) is 6.61 Å². The number of carbonyl (C=O) groups is 2. The van der Waals surface area contributed by atoms with Gasteiger partial charge in [-0.25, -0.2) is 4.79 Å². The molecule has 0 bridgehead atoms. The molecule has 1 fully saturated rings. The Morgan fingerprint density at radius 3 is 2.47 bits per heavy atom. The van der Waals surface area contributed by atoms with Crippen LogP contribution in [0.5, 0.6) is 0 Å². The Balaban J connectivity index is 2.75. The number of hydrogen-bond acceptors (Lipinski definition) is 3. The lowest BCUT2D eigenvalue weighted by Gasteiger charge is -2.18. The van der Waals surface area contributed by atoms with Crippen LogP contribution in [0.1, 0.15) is 13.3 Å². The number of amides is 1. The van der Waals surface area contributed by atoms with Gasteiger partial charge in [-0.15, -0.1) is 0 Å². The summed E-state index contributed by atoms with van der Waals surface area (Å²) in [5.41, 5.74) is -1.52. The third-order valence-corrected chi connectivity index (χ3v) is 3.31. The SMILES string of the molecule is CCOC(=O)[C@]1(NC(=O)C(F)(F)F)C[C@@H]1CBr. The van der Waals surface area contributed by atoms with Gasteiger partial charge in [-0.1, -0.05) is 15.9 Å². The maximum atomic E-state index is 12.1. The van der Waals surface area contributed by atoms with Crippen LogP contribution in [0.2, 0.25) is 0 Å². The minimum Gasteiger partial charge on any atom is -0.464 e. The Morgan fingerprint density at radius 2 is 2.12 bits per heavy atom. The fourth-order valence-electron chi connectivity index (χ4n) is 1.50. The summed E-state index contributed by atoms with van der Waals surface area (Å²) in [6.45, 7) is 1.60. The van der Waals surface area contributed by atoms with Gasteiger partial charge in [0.2, 0.25) is 0 Å². The summed E-state index contributed by atoms with van der Waals surface area (Å²) < 4.78 is 41.0. The van der Waals surface area contributed by atoms with Crippen molar-refractivity contribution >= 4 is 27.8 Å². The van der Waals surface area contributed by atoms with Gasteiger partial charge in [0.25, 0.3) is 0 Å². The van der Waals surface area contributed by atoms with Crippen LogP contribution in [0.4, 0.5) is 13.2 Å². The molecule has 0 aromatic carbocycles. The number of ether oxygens (including phenoxy) is 1. The minimum atomic E-state index is -5.00. The molecule has 0 aromatic heterocycles. The third-order valence-electron chi connectivity index (χ3n) is 2.53. The Labute approximate surface area is 104 Å². The predicted molar refractivity (Wildman–Crippen MR) is 55.5 cm³/mol. The topological polar surface area (TPSA) is 55.4 Å². The first kappa shape index (κ1) is 14.3. The maximum Gasteiger partial charge on any atom is 0.471 e. The summed E-state index contributed by atoms with van der Waals surface area (Å²) in [5, 5.41) is 2.05. The number of carbonyl (C=O) groups excluding carboxylic acids is 2. The van der Waals surface area contributed by atoms with Crippen molar-refractivity contribution in [2.75, 3.05) is 11.9 Å². The first-order valence-corrected chi connectivity index (χ1v) is 6.02. The van der Waals surface area contributed by atoms with Crippen LogP contribution in [0.3, 0.4) is 0 Å². The molecule has 8 heteroatoms. The zero-order valence-electron chi connectivity index (χ0n) is 8.94. The molecule has 0 heterocycles. The van der Waals surface area contributed by atoms with E-state index >= 15 is 0 Å². The molecule has 0 spiro atoms. The normalized spacial score (nSPS) is 27.5. The van der Waals surface area contributed by atoms with Gasteiger partial charge in [0.15, 0.2) is 0 Å². The van der Waals surface area contributed by atoms with Crippen molar-refractivity contribution in [3.8, 4) is 0 Å². The highest BCUT2D eigenvalue weighted by Gasteiger charge is 2.63. The van der Waals surface area contributed by atoms with E-state index in [4.69, 9.17) is 0 Å². The molecule has 2 atom stereocenters. The van der Waals surface area contributed by atoms with Gasteiger partial charge in [0, 0.05) is 11.2 Å². The molecule has 17 heavy (non-hydrogen) atoms. The maximum absolute atomic E-state index is 12.1. The van der Waals surface area contributed by atoms with Crippen molar-refractivity contribution < 1.29 is 27.5 Å². The van der Waals surface area contributed by atoms with Gasteiger partial charge in [-0.2, -0.15) is 13.2 Å². The fourth-order valence-corrected chi connectivity index (χ4v) is 2.29. The second-order valence-corrected chi connectivity index (χ2v) is 4.35. The minimum absolute atomic E-state index is 0.0531. The van der Waals surface area contributed by atoms with Crippen molar-refractivity contribution in [3.63, 3.8) is 0 Å². The summed E-state index contributed by atoms with van der Waals surface area (Å²) in [5.74, 6) is -3.30. The molecule has 4 nitrogen and oxygen atoms in total. The molecular formula is C9H11BrF3NO3. The Bertz CT molecular complexity index is 334. The summed E-state index contributed by atoms with van der Waals surface area (Å²) in [4.78, 5) is 22.4. The quantitative estimate of drug-likeness (QED) is 0.629. The van der Waals surface area contributed by atoms with E-state index in [9.17, 15) is 22.8 Å². The van der Waals surface area contributed by atoms with Crippen molar-refractivity contribution in [3.05, 3.63) is 0 Å². The molecule has 1 rings (SSSR count). The molecule has 1 aliphatic rings. The van der Waals surface area contributed by atoms with Gasteiger partial charge >= 0.3 is 18.1 Å². The summed E-state index contributed by atoms with van der Waals surface area (Å²) in [6, 6.07) is 0. The molecule has 1 N–H and O–H groups in total. The molecule has 0 aliphatic heterocycles. The van der Waals surface area contributed by atoms with E-state index in [2.05, 4.69) is 20.7 Å². The highest BCUT2D eigenvalue weighted by Crippen LogP contribution is 2.46. The van der Waals surface area contributed by atoms with E-state index in [0.29, 0.717) is 5.33 Å². The lowest BCUT2D eigenvalue weighted by Crippen LogP contribution is -2.50. The van der Waals surface area contributed by atoms with Crippen LogP contribution in [-0.2, 0) is 14.3 Å². The van der Waals surface area contributed by atoms with E-state index < -0.39 is 23.6 Å². The van der Waals surface area contributed by atoms with Crippen LogP contribution in [0.25, 0.3) is 0 Å².